The molecule has 1 fully saturated rings. The number of piperidine rings is 1. The van der Waals surface area contributed by atoms with Crippen LogP contribution in [0.5, 0.6) is 0 Å². The zero-order valence-electron chi connectivity index (χ0n) is 7.73. The smallest absolute Gasteiger partial charge is 0.312 e. The van der Waals surface area contributed by atoms with Gasteiger partial charge in [-0.25, -0.2) is 0 Å². The maximum Gasteiger partial charge on any atom is 0.312 e. The summed E-state index contributed by atoms with van der Waals surface area (Å²) in [4.78, 5) is 2.27. The summed E-state index contributed by atoms with van der Waals surface area (Å²) in [5.41, 5.74) is 5.37. The highest BCUT2D eigenvalue weighted by molar-refractivity contribution is 5.07. The van der Waals surface area contributed by atoms with Crippen molar-refractivity contribution >= 4 is 6.01 Å². The maximum atomic E-state index is 5.37. The molecule has 0 aliphatic carbocycles. The van der Waals surface area contributed by atoms with Crippen LogP contribution in [0, 0.1) is 0 Å². The second-order valence-corrected chi connectivity index (χ2v) is 3.58. The quantitative estimate of drug-likeness (QED) is 0.683. The van der Waals surface area contributed by atoms with Gasteiger partial charge in [-0.05, 0) is 26.4 Å². The van der Waals surface area contributed by atoms with Crippen LogP contribution in [0.2, 0.25) is 0 Å². The average Bonchev–Trinajstić information content (AvgIpc) is 2.52. The van der Waals surface area contributed by atoms with Gasteiger partial charge in [0.15, 0.2) is 0 Å². The first kappa shape index (κ1) is 8.50. The summed E-state index contributed by atoms with van der Waals surface area (Å²) >= 11 is 0. The van der Waals surface area contributed by atoms with Crippen molar-refractivity contribution < 1.29 is 4.42 Å². The summed E-state index contributed by atoms with van der Waals surface area (Å²) < 4.78 is 5.20. The molecule has 0 saturated carbocycles. The fourth-order valence-electron chi connectivity index (χ4n) is 1.78. The van der Waals surface area contributed by atoms with Gasteiger partial charge in [-0.3, -0.25) is 0 Å². The largest absolute Gasteiger partial charge is 0.408 e. The first-order valence-corrected chi connectivity index (χ1v) is 4.53. The van der Waals surface area contributed by atoms with Crippen LogP contribution in [0.25, 0.3) is 0 Å². The fourth-order valence-corrected chi connectivity index (χ4v) is 1.78. The molecular weight excluding hydrogens is 168 g/mol. The molecule has 0 bridgehead atoms. The summed E-state index contributed by atoms with van der Waals surface area (Å²) in [5.74, 6) is 1.05. The van der Waals surface area contributed by atoms with Gasteiger partial charge >= 0.3 is 6.01 Å². The number of nitrogen functional groups attached to an aromatic ring is 1. The lowest BCUT2D eigenvalue weighted by atomic mass is 9.99. The Bertz CT molecular complexity index is 285. The number of nitrogens with zero attached hydrogens (tertiary/aromatic N) is 3. The SMILES string of the molecule is CN1CCCC(c2nnc(N)o2)C1. The third-order valence-electron chi connectivity index (χ3n) is 2.43. The predicted octanol–water partition coefficient (Wildman–Crippen LogP) is 0.461. The standard InChI is InChI=1S/C8H14N4O/c1-12-4-2-3-6(5-12)7-10-11-8(9)13-7/h6H,2-5H2,1H3,(H2,9,11). The van der Waals surface area contributed by atoms with E-state index in [1.807, 2.05) is 0 Å². The maximum absolute atomic E-state index is 5.37. The van der Waals surface area contributed by atoms with Crippen LogP contribution in [0.1, 0.15) is 24.7 Å². The second-order valence-electron chi connectivity index (χ2n) is 3.58. The minimum atomic E-state index is 0.170. The number of hydrogen-bond acceptors (Lipinski definition) is 5. The van der Waals surface area contributed by atoms with E-state index in [-0.39, 0.29) is 6.01 Å². The Hall–Kier alpha value is -1.10. The molecule has 0 aromatic carbocycles. The van der Waals surface area contributed by atoms with Crippen molar-refractivity contribution in [3.05, 3.63) is 5.89 Å². The van der Waals surface area contributed by atoms with Crippen LogP contribution in [-0.2, 0) is 0 Å². The van der Waals surface area contributed by atoms with Crippen molar-refractivity contribution in [1.29, 1.82) is 0 Å². The molecule has 5 heteroatoms. The molecule has 5 nitrogen and oxygen atoms in total. The first-order valence-electron chi connectivity index (χ1n) is 4.53. The lowest BCUT2D eigenvalue weighted by Crippen LogP contribution is -2.30. The van der Waals surface area contributed by atoms with Gasteiger partial charge in [-0.2, -0.15) is 0 Å². The first-order chi connectivity index (χ1) is 6.25. The fraction of sp³-hybridized carbons (Fsp3) is 0.750. The molecule has 13 heavy (non-hydrogen) atoms. The van der Waals surface area contributed by atoms with Gasteiger partial charge in [0.05, 0.1) is 5.92 Å². The second kappa shape index (κ2) is 3.33. The third kappa shape index (κ3) is 1.80. The van der Waals surface area contributed by atoms with E-state index >= 15 is 0 Å². The van der Waals surface area contributed by atoms with Crippen molar-refractivity contribution in [2.45, 2.75) is 18.8 Å². The zero-order chi connectivity index (χ0) is 9.26. The minimum absolute atomic E-state index is 0.170. The van der Waals surface area contributed by atoms with Crippen LogP contribution in [0.4, 0.5) is 6.01 Å². The Labute approximate surface area is 76.9 Å². The van der Waals surface area contributed by atoms with E-state index in [2.05, 4.69) is 22.1 Å². The summed E-state index contributed by atoms with van der Waals surface area (Å²) in [5, 5.41) is 7.57. The predicted molar refractivity (Wildman–Crippen MR) is 48.2 cm³/mol. The Morgan fingerprint density at radius 1 is 1.54 bits per heavy atom. The Balaban J connectivity index is 2.08. The zero-order valence-corrected chi connectivity index (χ0v) is 7.73. The lowest BCUT2D eigenvalue weighted by Gasteiger charge is -2.27. The van der Waals surface area contributed by atoms with Crippen molar-refractivity contribution in [2.75, 3.05) is 25.9 Å². The summed E-state index contributed by atoms with van der Waals surface area (Å²) in [7, 11) is 2.10. The Kier molecular flexibility index (Phi) is 2.18. The highest BCUT2D eigenvalue weighted by atomic mass is 16.4. The van der Waals surface area contributed by atoms with E-state index in [1.165, 1.54) is 6.42 Å². The summed E-state index contributed by atoms with van der Waals surface area (Å²) in [6.07, 6.45) is 2.30. The molecule has 1 atom stereocenters. The van der Waals surface area contributed by atoms with Crippen molar-refractivity contribution in [2.24, 2.45) is 0 Å². The molecule has 1 aliphatic rings. The van der Waals surface area contributed by atoms with Crippen molar-refractivity contribution in [3.63, 3.8) is 0 Å². The number of anilines is 1. The van der Waals surface area contributed by atoms with E-state index in [9.17, 15) is 0 Å². The molecule has 1 aromatic rings. The third-order valence-corrected chi connectivity index (χ3v) is 2.43. The van der Waals surface area contributed by atoms with Gasteiger partial charge < -0.3 is 15.1 Å². The topological polar surface area (TPSA) is 68.2 Å². The summed E-state index contributed by atoms with van der Waals surface area (Å²) in [6, 6.07) is 0.170. The van der Waals surface area contributed by atoms with Crippen molar-refractivity contribution in [3.8, 4) is 0 Å². The van der Waals surface area contributed by atoms with E-state index in [0.29, 0.717) is 11.8 Å². The number of nitrogens with two attached hydrogens (primary N) is 1. The molecule has 1 saturated heterocycles. The molecule has 2 rings (SSSR count). The normalized spacial score (nSPS) is 24.8. The van der Waals surface area contributed by atoms with Gasteiger partial charge in [-0.15, -0.1) is 5.10 Å². The molecule has 72 valence electrons. The monoisotopic (exact) mass is 182 g/mol. The number of likely N-dealkylation sites (tertiary alicyclic amines) is 1. The molecule has 0 radical (unpaired) electrons. The Morgan fingerprint density at radius 2 is 2.38 bits per heavy atom. The molecular formula is C8H14N4O. The number of hydrogen-bond donors (Lipinski definition) is 1. The molecule has 1 unspecified atom stereocenters. The number of aromatic nitrogens is 2. The molecule has 1 aromatic heterocycles. The lowest BCUT2D eigenvalue weighted by molar-refractivity contribution is 0.231. The van der Waals surface area contributed by atoms with Crippen LogP contribution in [0.3, 0.4) is 0 Å². The van der Waals surface area contributed by atoms with Gasteiger partial charge in [-0.1, -0.05) is 5.10 Å². The molecule has 2 N–H and O–H groups in total. The minimum Gasteiger partial charge on any atom is -0.408 e. The van der Waals surface area contributed by atoms with Crippen LogP contribution in [-0.4, -0.2) is 35.2 Å². The molecule has 0 amide bonds. The number of likely N-dealkylation sites (N-methyl/N-ethyl adjacent to an activating group) is 1. The van der Waals surface area contributed by atoms with Crippen LogP contribution >= 0.6 is 0 Å². The van der Waals surface area contributed by atoms with Gasteiger partial charge in [0.25, 0.3) is 0 Å². The highest BCUT2D eigenvalue weighted by Crippen LogP contribution is 2.25. The van der Waals surface area contributed by atoms with E-state index in [4.69, 9.17) is 10.2 Å². The Morgan fingerprint density at radius 3 is 3.00 bits per heavy atom. The van der Waals surface area contributed by atoms with Gasteiger partial charge in [0.1, 0.15) is 0 Å². The summed E-state index contributed by atoms with van der Waals surface area (Å²) in [6.45, 7) is 2.14. The van der Waals surface area contributed by atoms with Gasteiger partial charge in [0.2, 0.25) is 5.89 Å². The van der Waals surface area contributed by atoms with Gasteiger partial charge in [0, 0.05) is 6.54 Å². The molecule has 0 spiro atoms. The number of rotatable bonds is 1. The van der Waals surface area contributed by atoms with E-state index in [0.717, 1.165) is 19.5 Å². The van der Waals surface area contributed by atoms with Crippen LogP contribution in [0.15, 0.2) is 4.42 Å². The van der Waals surface area contributed by atoms with E-state index < -0.39 is 0 Å². The van der Waals surface area contributed by atoms with Crippen molar-refractivity contribution in [1.82, 2.24) is 15.1 Å². The van der Waals surface area contributed by atoms with Crippen LogP contribution < -0.4 is 5.73 Å². The molecule has 1 aliphatic heterocycles. The average molecular weight is 182 g/mol. The highest BCUT2D eigenvalue weighted by Gasteiger charge is 2.23. The van der Waals surface area contributed by atoms with E-state index in [1.54, 1.807) is 0 Å². The molecule has 2 heterocycles.